The molecule has 6 heteroatoms. The number of likely N-dealkylation sites (tertiary alicyclic amines) is 1. The van der Waals surface area contributed by atoms with Crippen LogP contribution in [0.4, 0.5) is 0 Å². The van der Waals surface area contributed by atoms with Gasteiger partial charge in [0.05, 0.1) is 6.61 Å². The molecule has 0 radical (unpaired) electrons. The number of hydrogen-bond donors (Lipinski definition) is 0. The lowest BCUT2D eigenvalue weighted by Gasteiger charge is -2.24. The molecule has 0 saturated carbocycles. The summed E-state index contributed by atoms with van der Waals surface area (Å²) >= 11 is 0. The maximum atomic E-state index is 13.3. The molecule has 0 spiro atoms. The van der Waals surface area contributed by atoms with Crippen LogP contribution in [0.3, 0.4) is 0 Å². The molecule has 0 aromatic rings. The summed E-state index contributed by atoms with van der Waals surface area (Å²) in [7, 11) is 0. The minimum atomic E-state index is -0.00271. The van der Waals surface area contributed by atoms with E-state index in [4.69, 9.17) is 4.74 Å². The van der Waals surface area contributed by atoms with Crippen LogP contribution in [0.5, 0.6) is 0 Å². The Morgan fingerprint density at radius 1 is 0.525 bits per heavy atom. The first-order chi connectivity index (χ1) is 28.9. The number of ketones is 1. The van der Waals surface area contributed by atoms with Crippen molar-refractivity contribution in [3.05, 3.63) is 12.2 Å². The maximum absolute atomic E-state index is 13.3. The summed E-state index contributed by atoms with van der Waals surface area (Å²) in [5, 5.41) is 0. The van der Waals surface area contributed by atoms with Crippen LogP contribution in [0.1, 0.15) is 259 Å². The second-order valence-electron chi connectivity index (χ2n) is 18.6. The number of esters is 1. The zero-order valence-electron chi connectivity index (χ0n) is 40.0. The van der Waals surface area contributed by atoms with Crippen molar-refractivity contribution in [2.24, 2.45) is 11.8 Å². The molecule has 1 fully saturated rings. The second-order valence-corrected chi connectivity index (χ2v) is 18.6. The number of nitrogens with zero attached hydrogens (tertiary/aromatic N) is 2. The largest absolute Gasteiger partial charge is 0.466 e. The topological polar surface area (TPSA) is 66.9 Å². The lowest BCUT2D eigenvalue weighted by Crippen LogP contribution is -2.35. The van der Waals surface area contributed by atoms with Gasteiger partial charge in [-0.3, -0.25) is 14.4 Å². The van der Waals surface area contributed by atoms with Gasteiger partial charge < -0.3 is 14.5 Å². The fourth-order valence-electron chi connectivity index (χ4n) is 8.99. The SMILES string of the molecule is CCCCCC(CCCCC)CCC(=O)/C=C\CCCCCCCCN(CCCCCCCCOC(=O)CCC(CCCCC)CCCCC)C(=O)CCN1CCCC1. The molecule has 1 aliphatic heterocycles. The molecule has 346 valence electrons. The Balaban J connectivity index is 2.24. The third-order valence-corrected chi connectivity index (χ3v) is 13.1. The molecule has 6 nitrogen and oxygen atoms in total. The van der Waals surface area contributed by atoms with Gasteiger partial charge in [-0.15, -0.1) is 0 Å². The Hall–Kier alpha value is -1.69. The summed E-state index contributed by atoms with van der Waals surface area (Å²) in [6, 6.07) is 0. The van der Waals surface area contributed by atoms with Crippen LogP contribution in [0, 0.1) is 11.8 Å². The molecular weight excluding hydrogens is 729 g/mol. The number of carbonyl (C=O) groups excluding carboxylic acids is 3. The highest BCUT2D eigenvalue weighted by Gasteiger charge is 2.17. The van der Waals surface area contributed by atoms with Crippen LogP contribution in [0.2, 0.25) is 0 Å². The van der Waals surface area contributed by atoms with Crippen molar-refractivity contribution in [3.63, 3.8) is 0 Å². The van der Waals surface area contributed by atoms with Crippen molar-refractivity contribution in [1.82, 2.24) is 9.80 Å². The molecule has 1 amide bonds. The molecule has 59 heavy (non-hydrogen) atoms. The van der Waals surface area contributed by atoms with Crippen LogP contribution >= 0.6 is 0 Å². The van der Waals surface area contributed by atoms with Gasteiger partial charge in [-0.05, 0) is 88.8 Å². The fraction of sp³-hybridized carbons (Fsp3) is 0.906. The Bertz CT molecular complexity index is 972. The molecule has 0 atom stereocenters. The quantitative estimate of drug-likeness (QED) is 0.0348. The lowest BCUT2D eigenvalue weighted by atomic mass is 9.90. The number of hydrogen-bond acceptors (Lipinski definition) is 5. The van der Waals surface area contributed by atoms with E-state index in [1.807, 2.05) is 6.08 Å². The molecule has 0 bridgehead atoms. The highest BCUT2D eigenvalue weighted by molar-refractivity contribution is 5.89. The summed E-state index contributed by atoms with van der Waals surface area (Å²) in [5.41, 5.74) is 0. The van der Waals surface area contributed by atoms with Gasteiger partial charge in [0, 0.05) is 38.9 Å². The predicted octanol–water partition coefficient (Wildman–Crippen LogP) is 15.2. The van der Waals surface area contributed by atoms with Gasteiger partial charge in [0.25, 0.3) is 0 Å². The third-order valence-electron chi connectivity index (χ3n) is 13.1. The van der Waals surface area contributed by atoms with E-state index in [2.05, 4.69) is 43.6 Å². The first kappa shape index (κ1) is 55.3. The smallest absolute Gasteiger partial charge is 0.305 e. The molecule has 1 rings (SSSR count). The Labute approximate surface area is 367 Å². The molecular formula is C53H100N2O4. The fourth-order valence-corrected chi connectivity index (χ4v) is 8.99. The van der Waals surface area contributed by atoms with Crippen LogP contribution < -0.4 is 0 Å². The highest BCUT2D eigenvalue weighted by atomic mass is 16.5. The number of rotatable bonds is 44. The Kier molecular flexibility index (Phi) is 39.1. The van der Waals surface area contributed by atoms with E-state index in [0.717, 1.165) is 103 Å². The number of amides is 1. The van der Waals surface area contributed by atoms with E-state index in [0.29, 0.717) is 37.1 Å². The zero-order chi connectivity index (χ0) is 42.9. The average Bonchev–Trinajstić information content (AvgIpc) is 3.77. The first-order valence-electron chi connectivity index (χ1n) is 26.3. The van der Waals surface area contributed by atoms with Gasteiger partial charge in [0.15, 0.2) is 5.78 Å². The van der Waals surface area contributed by atoms with Crippen molar-refractivity contribution in [2.75, 3.05) is 39.3 Å². The summed E-state index contributed by atoms with van der Waals surface area (Å²) in [6.45, 7) is 14.6. The standard InChI is InChI=1S/C53H100N2O4/c1-5-9-23-33-49(34-24-10-6-2)38-40-51(56)37-27-19-15-13-14-16-20-28-45-55(52(57)42-47-54-43-30-31-44-54)46-29-21-17-18-22-32-48-59-53(58)41-39-50(35-25-11-7-3)36-26-12-8-4/h27,37,49-50H,5-26,28-36,38-48H2,1-4H3/b37-27-. The molecule has 1 saturated heterocycles. The molecule has 1 aliphatic rings. The molecule has 1 heterocycles. The van der Waals surface area contributed by atoms with Crippen molar-refractivity contribution in [3.8, 4) is 0 Å². The Morgan fingerprint density at radius 3 is 1.49 bits per heavy atom. The zero-order valence-corrected chi connectivity index (χ0v) is 40.0. The first-order valence-corrected chi connectivity index (χ1v) is 26.3. The minimum absolute atomic E-state index is 0.00271. The normalized spacial score (nSPS) is 13.4. The third kappa shape index (κ3) is 34.6. The van der Waals surface area contributed by atoms with Crippen molar-refractivity contribution in [2.45, 2.75) is 259 Å². The van der Waals surface area contributed by atoms with Gasteiger partial charge in [0.2, 0.25) is 5.91 Å². The van der Waals surface area contributed by atoms with E-state index in [-0.39, 0.29) is 5.97 Å². The monoisotopic (exact) mass is 829 g/mol. The molecule has 0 unspecified atom stereocenters. The highest BCUT2D eigenvalue weighted by Crippen LogP contribution is 2.24. The number of carbonyl (C=O) groups is 3. The maximum Gasteiger partial charge on any atom is 0.305 e. The van der Waals surface area contributed by atoms with Crippen LogP contribution in [-0.4, -0.2) is 66.8 Å². The number of allylic oxidation sites excluding steroid dienone is 2. The number of unbranched alkanes of at least 4 members (excludes halogenated alkanes) is 19. The van der Waals surface area contributed by atoms with E-state index in [1.165, 1.54) is 154 Å². The van der Waals surface area contributed by atoms with Crippen molar-refractivity contribution >= 4 is 17.7 Å². The molecule has 0 aromatic carbocycles. The van der Waals surface area contributed by atoms with Crippen LogP contribution in [0.25, 0.3) is 0 Å². The van der Waals surface area contributed by atoms with Gasteiger partial charge >= 0.3 is 5.97 Å². The van der Waals surface area contributed by atoms with E-state index < -0.39 is 0 Å². The lowest BCUT2D eigenvalue weighted by molar-refractivity contribution is -0.144. The summed E-state index contributed by atoms with van der Waals surface area (Å²) in [5.74, 6) is 2.07. The van der Waals surface area contributed by atoms with Gasteiger partial charge in [-0.2, -0.15) is 0 Å². The van der Waals surface area contributed by atoms with E-state index in [1.54, 1.807) is 0 Å². The van der Waals surface area contributed by atoms with Gasteiger partial charge in [0.1, 0.15) is 0 Å². The Morgan fingerprint density at radius 2 is 0.983 bits per heavy atom. The molecule has 0 aliphatic carbocycles. The second kappa shape index (κ2) is 41.7. The summed E-state index contributed by atoms with van der Waals surface area (Å²) in [4.78, 5) is 42.9. The summed E-state index contributed by atoms with van der Waals surface area (Å²) in [6.07, 6.45) is 45.9. The molecule has 0 aromatic heterocycles. The van der Waals surface area contributed by atoms with E-state index in [9.17, 15) is 14.4 Å². The van der Waals surface area contributed by atoms with Crippen LogP contribution in [-0.2, 0) is 19.1 Å². The van der Waals surface area contributed by atoms with Gasteiger partial charge in [-0.25, -0.2) is 0 Å². The average molecular weight is 829 g/mol. The van der Waals surface area contributed by atoms with Crippen LogP contribution in [0.15, 0.2) is 12.2 Å². The molecule has 0 N–H and O–H groups in total. The van der Waals surface area contributed by atoms with E-state index >= 15 is 0 Å². The predicted molar refractivity (Wildman–Crippen MR) is 254 cm³/mol. The number of ether oxygens (including phenoxy) is 1. The minimum Gasteiger partial charge on any atom is -0.466 e. The summed E-state index contributed by atoms with van der Waals surface area (Å²) < 4.78 is 5.62. The van der Waals surface area contributed by atoms with Crippen molar-refractivity contribution in [1.29, 1.82) is 0 Å². The van der Waals surface area contributed by atoms with Crippen molar-refractivity contribution < 1.29 is 19.1 Å². The van der Waals surface area contributed by atoms with Gasteiger partial charge in [-0.1, -0.05) is 188 Å².